The fourth-order valence-electron chi connectivity index (χ4n) is 1.36. The Morgan fingerprint density at radius 3 is 2.67 bits per heavy atom. The molecule has 1 aromatic carbocycles. The topological polar surface area (TPSA) is 58.2 Å². The third-order valence-electron chi connectivity index (χ3n) is 2.26. The molecule has 2 amide bonds. The van der Waals surface area contributed by atoms with E-state index in [2.05, 4.69) is 10.6 Å². The lowest BCUT2D eigenvalue weighted by Gasteiger charge is -2.08. The molecule has 1 rings (SSSR count). The molecular formula is C12H14Cl2N2O2. The van der Waals surface area contributed by atoms with E-state index < -0.39 is 0 Å². The summed E-state index contributed by atoms with van der Waals surface area (Å²) in [5.74, 6) is 0.00929. The third kappa shape index (κ3) is 4.20. The van der Waals surface area contributed by atoms with Crippen LogP contribution in [0, 0.1) is 0 Å². The lowest BCUT2D eigenvalue weighted by atomic mass is 10.2. The molecule has 1 aromatic rings. The van der Waals surface area contributed by atoms with Crippen LogP contribution in [0.25, 0.3) is 0 Å². The van der Waals surface area contributed by atoms with Gasteiger partial charge in [0.15, 0.2) is 0 Å². The van der Waals surface area contributed by atoms with Gasteiger partial charge in [0.1, 0.15) is 0 Å². The van der Waals surface area contributed by atoms with E-state index in [9.17, 15) is 9.59 Å². The van der Waals surface area contributed by atoms with E-state index in [1.54, 1.807) is 18.2 Å². The van der Waals surface area contributed by atoms with Crippen molar-refractivity contribution in [3.05, 3.63) is 28.8 Å². The molecule has 0 unspecified atom stereocenters. The summed E-state index contributed by atoms with van der Waals surface area (Å²) in [5.41, 5.74) is 0.867. The van der Waals surface area contributed by atoms with Gasteiger partial charge in [-0.05, 0) is 24.6 Å². The molecule has 98 valence electrons. The van der Waals surface area contributed by atoms with Gasteiger partial charge in [0, 0.05) is 25.0 Å². The summed E-state index contributed by atoms with van der Waals surface area (Å²) in [7, 11) is 1.52. The normalized spacial score (nSPS) is 9.94. The van der Waals surface area contributed by atoms with Crippen molar-refractivity contribution < 1.29 is 9.59 Å². The van der Waals surface area contributed by atoms with Crippen molar-refractivity contribution in [2.75, 3.05) is 18.2 Å². The van der Waals surface area contributed by atoms with Crippen LogP contribution >= 0.6 is 23.2 Å². The number of halogens is 2. The zero-order valence-corrected chi connectivity index (χ0v) is 11.4. The first-order valence-electron chi connectivity index (χ1n) is 5.46. The van der Waals surface area contributed by atoms with Gasteiger partial charge in [-0.1, -0.05) is 11.6 Å². The molecule has 4 nitrogen and oxygen atoms in total. The summed E-state index contributed by atoms with van der Waals surface area (Å²) in [6.45, 7) is 0. The fourth-order valence-corrected chi connectivity index (χ4v) is 1.70. The van der Waals surface area contributed by atoms with E-state index in [-0.39, 0.29) is 11.8 Å². The van der Waals surface area contributed by atoms with Gasteiger partial charge in [0.05, 0.1) is 10.6 Å². The third-order valence-corrected chi connectivity index (χ3v) is 2.86. The van der Waals surface area contributed by atoms with Crippen LogP contribution in [0.15, 0.2) is 18.2 Å². The van der Waals surface area contributed by atoms with Crippen LogP contribution in [0.4, 0.5) is 5.69 Å². The van der Waals surface area contributed by atoms with E-state index >= 15 is 0 Å². The maximum Gasteiger partial charge on any atom is 0.252 e. The zero-order valence-electron chi connectivity index (χ0n) is 9.93. The highest BCUT2D eigenvalue weighted by Gasteiger charge is 2.10. The van der Waals surface area contributed by atoms with Crippen molar-refractivity contribution in [2.45, 2.75) is 12.8 Å². The molecule has 0 spiro atoms. The molecule has 0 atom stereocenters. The number of benzene rings is 1. The largest absolute Gasteiger partial charge is 0.355 e. The molecule has 6 heteroatoms. The number of amides is 2. The number of nitrogens with one attached hydrogen (secondary N) is 2. The van der Waals surface area contributed by atoms with Crippen LogP contribution < -0.4 is 10.6 Å². The van der Waals surface area contributed by atoms with Gasteiger partial charge in [-0.2, -0.15) is 0 Å². The number of carbonyl (C=O) groups is 2. The fraction of sp³-hybridized carbons (Fsp3) is 0.333. The van der Waals surface area contributed by atoms with E-state index in [1.165, 1.54) is 7.05 Å². The van der Waals surface area contributed by atoms with E-state index in [4.69, 9.17) is 23.2 Å². The van der Waals surface area contributed by atoms with Crippen LogP contribution in [-0.4, -0.2) is 24.7 Å². The number of alkyl halides is 1. The Morgan fingerprint density at radius 1 is 1.33 bits per heavy atom. The Bertz CT molecular complexity index is 450. The van der Waals surface area contributed by atoms with Crippen molar-refractivity contribution in [2.24, 2.45) is 0 Å². The van der Waals surface area contributed by atoms with Crippen LogP contribution in [-0.2, 0) is 4.79 Å². The zero-order chi connectivity index (χ0) is 13.5. The molecule has 0 aliphatic heterocycles. The molecule has 0 saturated carbocycles. The monoisotopic (exact) mass is 288 g/mol. The molecule has 0 saturated heterocycles. The van der Waals surface area contributed by atoms with Crippen molar-refractivity contribution in [1.82, 2.24) is 5.32 Å². The summed E-state index contributed by atoms with van der Waals surface area (Å²) in [4.78, 5) is 23.0. The maximum atomic E-state index is 11.5. The smallest absolute Gasteiger partial charge is 0.252 e. The van der Waals surface area contributed by atoms with Crippen LogP contribution in [0.2, 0.25) is 5.02 Å². The van der Waals surface area contributed by atoms with Crippen molar-refractivity contribution in [3.8, 4) is 0 Å². The number of hydrogen-bond acceptors (Lipinski definition) is 2. The lowest BCUT2D eigenvalue weighted by Crippen LogP contribution is -2.19. The maximum absolute atomic E-state index is 11.5. The molecule has 0 radical (unpaired) electrons. The number of hydrogen-bond donors (Lipinski definition) is 2. The summed E-state index contributed by atoms with van der Waals surface area (Å²) in [5, 5.41) is 5.51. The molecule has 0 bridgehead atoms. The van der Waals surface area contributed by atoms with Crippen molar-refractivity contribution >= 4 is 40.7 Å². The second kappa shape index (κ2) is 7.24. The molecule has 0 heterocycles. The van der Waals surface area contributed by atoms with Gasteiger partial charge < -0.3 is 10.6 Å². The average molecular weight is 289 g/mol. The van der Waals surface area contributed by atoms with Crippen molar-refractivity contribution in [1.29, 1.82) is 0 Å². The van der Waals surface area contributed by atoms with Gasteiger partial charge >= 0.3 is 0 Å². The van der Waals surface area contributed by atoms with E-state index in [0.717, 1.165) is 0 Å². The number of rotatable bonds is 5. The first kappa shape index (κ1) is 14.8. The first-order chi connectivity index (χ1) is 8.58. The summed E-state index contributed by atoms with van der Waals surface area (Å²) >= 11 is 11.4. The second-order valence-corrected chi connectivity index (χ2v) is 4.40. The van der Waals surface area contributed by atoms with Gasteiger partial charge in [-0.15, -0.1) is 11.6 Å². The summed E-state index contributed by atoms with van der Waals surface area (Å²) in [6, 6.07) is 4.76. The van der Waals surface area contributed by atoms with E-state index in [0.29, 0.717) is 35.0 Å². The predicted octanol–water partition coefficient (Wildman–Crippen LogP) is 2.66. The minimum atomic E-state index is -0.295. The first-order valence-corrected chi connectivity index (χ1v) is 6.37. The summed E-state index contributed by atoms with van der Waals surface area (Å²) in [6.07, 6.45) is 0.963. The van der Waals surface area contributed by atoms with Crippen LogP contribution in [0.3, 0.4) is 0 Å². The average Bonchev–Trinajstić information content (AvgIpc) is 2.37. The molecule has 2 N–H and O–H groups in total. The van der Waals surface area contributed by atoms with Crippen LogP contribution in [0.5, 0.6) is 0 Å². The Morgan fingerprint density at radius 2 is 2.06 bits per heavy atom. The standard InChI is InChI=1S/C12H14Cl2N2O2/c1-15-12(18)9-7-8(4-5-10(9)14)16-11(17)3-2-6-13/h4-5,7H,2-3,6H2,1H3,(H,15,18)(H,16,17). The Balaban J connectivity index is 2.79. The van der Waals surface area contributed by atoms with Gasteiger partial charge in [0.2, 0.25) is 5.91 Å². The SMILES string of the molecule is CNC(=O)c1cc(NC(=O)CCCCl)ccc1Cl. The molecule has 0 fully saturated rings. The predicted molar refractivity (Wildman–Crippen MR) is 73.4 cm³/mol. The second-order valence-electron chi connectivity index (χ2n) is 3.61. The van der Waals surface area contributed by atoms with Crippen molar-refractivity contribution in [3.63, 3.8) is 0 Å². The van der Waals surface area contributed by atoms with Gasteiger partial charge in [-0.3, -0.25) is 9.59 Å². The minimum Gasteiger partial charge on any atom is -0.355 e. The Labute approximate surface area is 116 Å². The highest BCUT2D eigenvalue weighted by molar-refractivity contribution is 6.34. The lowest BCUT2D eigenvalue weighted by molar-refractivity contribution is -0.116. The van der Waals surface area contributed by atoms with Gasteiger partial charge in [-0.25, -0.2) is 0 Å². The minimum absolute atomic E-state index is 0.138. The number of carbonyl (C=O) groups excluding carboxylic acids is 2. The highest BCUT2D eigenvalue weighted by atomic mass is 35.5. The highest BCUT2D eigenvalue weighted by Crippen LogP contribution is 2.20. The van der Waals surface area contributed by atoms with E-state index in [1.807, 2.05) is 0 Å². The molecule has 0 aliphatic carbocycles. The molecular weight excluding hydrogens is 275 g/mol. The Hall–Kier alpha value is -1.26. The number of anilines is 1. The summed E-state index contributed by atoms with van der Waals surface area (Å²) < 4.78 is 0. The Kier molecular flexibility index (Phi) is 5.95. The molecule has 0 aromatic heterocycles. The molecule has 0 aliphatic rings. The molecule has 18 heavy (non-hydrogen) atoms. The van der Waals surface area contributed by atoms with Gasteiger partial charge in [0.25, 0.3) is 5.91 Å². The van der Waals surface area contributed by atoms with Crippen LogP contribution in [0.1, 0.15) is 23.2 Å². The quantitative estimate of drug-likeness (QED) is 0.819.